The summed E-state index contributed by atoms with van der Waals surface area (Å²) < 4.78 is 18.2. The topological polar surface area (TPSA) is 82.3 Å². The van der Waals surface area contributed by atoms with Crippen LogP contribution in [0.1, 0.15) is 10.4 Å². The minimum absolute atomic E-state index is 0.0767. The summed E-state index contributed by atoms with van der Waals surface area (Å²) in [4.78, 5) is 24.6. The third-order valence-corrected chi connectivity index (χ3v) is 2.25. The molecule has 0 fully saturated rings. The van der Waals surface area contributed by atoms with Crippen molar-refractivity contribution in [3.63, 3.8) is 0 Å². The predicted molar refractivity (Wildman–Crippen MR) is 62.8 cm³/mol. The molecule has 0 atom stereocenters. The molecular weight excluding hydrogens is 255 g/mol. The van der Waals surface area contributed by atoms with Crippen molar-refractivity contribution in [2.45, 2.75) is 0 Å². The van der Waals surface area contributed by atoms with Crippen molar-refractivity contribution in [1.29, 1.82) is 0 Å². The summed E-state index contributed by atoms with van der Waals surface area (Å²) in [5.41, 5.74) is -0.399. The Morgan fingerprint density at radius 3 is 2.84 bits per heavy atom. The van der Waals surface area contributed by atoms with Crippen LogP contribution in [0.25, 0.3) is 0 Å². The molecule has 0 spiro atoms. The average molecular weight is 262 g/mol. The number of nitro groups is 1. The maximum atomic E-state index is 13.0. The van der Waals surface area contributed by atoms with Crippen LogP contribution < -0.4 is 4.74 Å². The Kier molecular flexibility index (Phi) is 3.46. The van der Waals surface area contributed by atoms with Gasteiger partial charge in [0.25, 0.3) is 0 Å². The van der Waals surface area contributed by atoms with Gasteiger partial charge in [0.15, 0.2) is 6.29 Å². The van der Waals surface area contributed by atoms with Crippen molar-refractivity contribution in [1.82, 2.24) is 4.98 Å². The Hall–Kier alpha value is -2.83. The molecular formula is C12H7FN2O4. The van der Waals surface area contributed by atoms with Crippen molar-refractivity contribution in [3.8, 4) is 11.6 Å². The second-order valence-electron chi connectivity index (χ2n) is 3.49. The number of hydrogen-bond donors (Lipinski definition) is 0. The van der Waals surface area contributed by atoms with E-state index in [1.165, 1.54) is 18.3 Å². The number of pyridine rings is 1. The van der Waals surface area contributed by atoms with Crippen LogP contribution in [-0.2, 0) is 0 Å². The molecule has 0 aliphatic rings. The predicted octanol–water partition coefficient (Wildman–Crippen LogP) is 2.73. The smallest absolute Gasteiger partial charge is 0.314 e. The van der Waals surface area contributed by atoms with Gasteiger partial charge in [0, 0.05) is 6.20 Å². The Bertz CT molecular complexity index is 645. The third kappa shape index (κ3) is 2.71. The molecule has 19 heavy (non-hydrogen) atoms. The highest BCUT2D eigenvalue weighted by Gasteiger charge is 2.18. The quantitative estimate of drug-likeness (QED) is 0.480. The van der Waals surface area contributed by atoms with Crippen LogP contribution in [0, 0.1) is 15.9 Å². The molecule has 1 heterocycles. The number of rotatable bonds is 4. The first-order valence-electron chi connectivity index (χ1n) is 5.14. The number of benzene rings is 1. The number of aromatic nitrogens is 1. The minimum atomic E-state index is -0.776. The second kappa shape index (κ2) is 5.21. The molecule has 2 rings (SSSR count). The van der Waals surface area contributed by atoms with Gasteiger partial charge in [-0.2, -0.15) is 0 Å². The highest BCUT2D eigenvalue weighted by Crippen LogP contribution is 2.31. The van der Waals surface area contributed by atoms with E-state index in [1.54, 1.807) is 0 Å². The normalized spacial score (nSPS) is 9.95. The summed E-state index contributed by atoms with van der Waals surface area (Å²) >= 11 is 0. The van der Waals surface area contributed by atoms with Crippen LogP contribution >= 0.6 is 0 Å². The van der Waals surface area contributed by atoms with Gasteiger partial charge in [-0.3, -0.25) is 14.9 Å². The van der Waals surface area contributed by atoms with E-state index in [-0.39, 0.29) is 17.2 Å². The maximum Gasteiger partial charge on any atom is 0.314 e. The van der Waals surface area contributed by atoms with E-state index in [2.05, 4.69) is 4.98 Å². The first-order valence-corrected chi connectivity index (χ1v) is 5.14. The molecule has 1 aromatic carbocycles. The summed E-state index contributed by atoms with van der Waals surface area (Å²) in [6.45, 7) is 0. The molecule has 0 saturated heterocycles. The first-order chi connectivity index (χ1) is 9.11. The van der Waals surface area contributed by atoms with Crippen LogP contribution in [-0.4, -0.2) is 16.2 Å². The Morgan fingerprint density at radius 2 is 2.16 bits per heavy atom. The van der Waals surface area contributed by atoms with Gasteiger partial charge in [-0.1, -0.05) is 0 Å². The fourth-order valence-electron chi connectivity index (χ4n) is 1.40. The van der Waals surface area contributed by atoms with Crippen LogP contribution in [0.4, 0.5) is 10.1 Å². The van der Waals surface area contributed by atoms with E-state index < -0.39 is 16.4 Å². The molecule has 0 saturated carbocycles. The van der Waals surface area contributed by atoms with Gasteiger partial charge < -0.3 is 4.74 Å². The summed E-state index contributed by atoms with van der Waals surface area (Å²) in [5.74, 6) is -1.02. The number of hydrogen-bond acceptors (Lipinski definition) is 5. The molecule has 0 N–H and O–H groups in total. The van der Waals surface area contributed by atoms with E-state index in [1.807, 2.05) is 0 Å². The third-order valence-electron chi connectivity index (χ3n) is 2.25. The van der Waals surface area contributed by atoms with Crippen molar-refractivity contribution < 1.29 is 18.8 Å². The highest BCUT2D eigenvalue weighted by atomic mass is 19.1. The van der Waals surface area contributed by atoms with Gasteiger partial charge in [0.05, 0.1) is 16.6 Å². The van der Waals surface area contributed by atoms with Crippen molar-refractivity contribution >= 4 is 12.0 Å². The Morgan fingerprint density at radius 1 is 1.37 bits per heavy atom. The molecule has 7 heteroatoms. The van der Waals surface area contributed by atoms with Crippen LogP contribution in [0.2, 0.25) is 0 Å². The van der Waals surface area contributed by atoms with Crippen LogP contribution in [0.15, 0.2) is 36.5 Å². The Labute approximate surface area is 106 Å². The Balaban J connectivity index is 2.43. The van der Waals surface area contributed by atoms with E-state index in [9.17, 15) is 19.3 Å². The molecule has 2 aromatic rings. The van der Waals surface area contributed by atoms with E-state index in [4.69, 9.17) is 4.74 Å². The number of nitrogens with zero attached hydrogens (tertiary/aromatic N) is 2. The fourth-order valence-corrected chi connectivity index (χ4v) is 1.40. The monoisotopic (exact) mass is 262 g/mol. The van der Waals surface area contributed by atoms with Gasteiger partial charge >= 0.3 is 5.69 Å². The van der Waals surface area contributed by atoms with Gasteiger partial charge in [-0.25, -0.2) is 9.37 Å². The molecule has 0 aliphatic heterocycles. The first kappa shape index (κ1) is 12.6. The van der Waals surface area contributed by atoms with Crippen molar-refractivity contribution in [2.24, 2.45) is 0 Å². The summed E-state index contributed by atoms with van der Waals surface area (Å²) in [6.07, 6.45) is 1.88. The summed E-state index contributed by atoms with van der Waals surface area (Å²) in [7, 11) is 0. The molecule has 96 valence electrons. The second-order valence-corrected chi connectivity index (χ2v) is 3.49. The number of halogens is 1. The van der Waals surface area contributed by atoms with Crippen LogP contribution in [0.5, 0.6) is 11.6 Å². The number of nitro benzene ring substituents is 1. The van der Waals surface area contributed by atoms with E-state index in [0.717, 1.165) is 18.2 Å². The zero-order chi connectivity index (χ0) is 13.8. The lowest BCUT2D eigenvalue weighted by atomic mass is 10.2. The highest BCUT2D eigenvalue weighted by molar-refractivity contribution is 5.78. The van der Waals surface area contributed by atoms with Crippen LogP contribution in [0.3, 0.4) is 0 Å². The number of carbonyl (C=O) groups excluding carboxylic acids is 1. The fraction of sp³-hybridized carbons (Fsp3) is 0. The lowest BCUT2D eigenvalue weighted by Gasteiger charge is -2.06. The number of aldehydes is 1. The summed E-state index contributed by atoms with van der Waals surface area (Å²) in [6, 6.07) is 5.84. The molecule has 0 aliphatic carbocycles. The number of ether oxygens (including phenoxy) is 1. The van der Waals surface area contributed by atoms with E-state index >= 15 is 0 Å². The van der Waals surface area contributed by atoms with E-state index in [0.29, 0.717) is 6.29 Å². The van der Waals surface area contributed by atoms with Crippen molar-refractivity contribution in [3.05, 3.63) is 58.0 Å². The largest absolute Gasteiger partial charge is 0.431 e. The van der Waals surface area contributed by atoms with Gasteiger partial charge in [-0.05, 0) is 24.3 Å². The lowest BCUT2D eigenvalue weighted by molar-refractivity contribution is -0.385. The zero-order valence-electron chi connectivity index (χ0n) is 9.45. The lowest BCUT2D eigenvalue weighted by Crippen LogP contribution is -1.97. The molecule has 1 aromatic heterocycles. The maximum absolute atomic E-state index is 13.0. The minimum Gasteiger partial charge on any atom is -0.431 e. The molecule has 0 unspecified atom stereocenters. The molecule has 0 bridgehead atoms. The molecule has 0 radical (unpaired) electrons. The zero-order valence-corrected chi connectivity index (χ0v) is 9.45. The van der Waals surface area contributed by atoms with Crippen molar-refractivity contribution in [2.75, 3.05) is 0 Å². The number of carbonyl (C=O) groups is 1. The van der Waals surface area contributed by atoms with Gasteiger partial charge in [0.2, 0.25) is 11.6 Å². The van der Waals surface area contributed by atoms with Gasteiger partial charge in [0.1, 0.15) is 5.82 Å². The molecule has 0 amide bonds. The van der Waals surface area contributed by atoms with Gasteiger partial charge in [-0.15, -0.1) is 0 Å². The average Bonchev–Trinajstić information content (AvgIpc) is 2.41. The molecule has 6 nitrogen and oxygen atoms in total. The summed E-state index contributed by atoms with van der Waals surface area (Å²) in [5, 5.41) is 10.8. The SMILES string of the molecule is O=Cc1cccnc1Oc1ccc(F)cc1[N+](=O)[O-]. The standard InChI is InChI=1S/C12H7FN2O4/c13-9-3-4-11(10(6-9)15(17)18)19-12-8(7-16)2-1-5-14-12/h1-7H.